The molecular formula is C18H30N2O2S. The Hall–Kier alpha value is -0.460. The minimum absolute atomic E-state index is 0.101. The Bertz CT molecular complexity index is 479. The van der Waals surface area contributed by atoms with E-state index in [1.165, 1.54) is 4.88 Å². The molecule has 0 saturated carbocycles. The largest absolute Gasteiger partial charge is 0.377 e. The third-order valence-corrected chi connectivity index (χ3v) is 5.96. The highest BCUT2D eigenvalue weighted by Gasteiger charge is 2.43. The monoisotopic (exact) mass is 338 g/mol. The Morgan fingerprint density at radius 2 is 2.35 bits per heavy atom. The molecule has 5 heteroatoms. The van der Waals surface area contributed by atoms with Crippen LogP contribution in [-0.2, 0) is 16.0 Å². The van der Waals surface area contributed by atoms with Crippen LogP contribution in [0.1, 0.15) is 25.1 Å². The summed E-state index contributed by atoms with van der Waals surface area (Å²) in [6, 6.07) is 4.94. The maximum absolute atomic E-state index is 6.31. The predicted molar refractivity (Wildman–Crippen MR) is 95.0 cm³/mol. The third kappa shape index (κ3) is 4.54. The van der Waals surface area contributed by atoms with Crippen molar-refractivity contribution in [3.05, 3.63) is 22.4 Å². The maximum atomic E-state index is 6.31. The zero-order valence-corrected chi connectivity index (χ0v) is 15.5. The molecule has 2 atom stereocenters. The normalized spacial score (nSPS) is 29.7. The molecule has 4 nitrogen and oxygen atoms in total. The zero-order valence-electron chi connectivity index (χ0n) is 14.7. The smallest absolute Gasteiger partial charge is 0.104 e. The van der Waals surface area contributed by atoms with Gasteiger partial charge in [0.15, 0.2) is 0 Å². The highest BCUT2D eigenvalue weighted by Crippen LogP contribution is 2.33. The Morgan fingerprint density at radius 1 is 1.48 bits per heavy atom. The molecule has 2 aliphatic rings. The van der Waals surface area contributed by atoms with Crippen LogP contribution in [0.15, 0.2) is 17.5 Å². The summed E-state index contributed by atoms with van der Waals surface area (Å²) in [5, 5.41) is 2.16. The Labute approximate surface area is 144 Å². The molecule has 130 valence electrons. The minimum Gasteiger partial charge on any atom is -0.377 e. The van der Waals surface area contributed by atoms with Crippen LogP contribution >= 0.6 is 11.3 Å². The fourth-order valence-corrected chi connectivity index (χ4v) is 4.37. The van der Waals surface area contributed by atoms with Gasteiger partial charge in [0.05, 0.1) is 19.8 Å². The molecule has 0 aromatic carbocycles. The molecule has 0 amide bonds. The molecule has 0 unspecified atom stereocenters. The molecule has 2 fully saturated rings. The summed E-state index contributed by atoms with van der Waals surface area (Å²) in [5.74, 6) is 0.618. The van der Waals surface area contributed by atoms with E-state index in [0.717, 1.165) is 52.4 Å². The van der Waals surface area contributed by atoms with Gasteiger partial charge >= 0.3 is 0 Å². The van der Waals surface area contributed by atoms with Crippen molar-refractivity contribution < 1.29 is 9.47 Å². The molecular weight excluding hydrogens is 308 g/mol. The van der Waals surface area contributed by atoms with Crippen LogP contribution in [0.3, 0.4) is 0 Å². The average Bonchev–Trinajstić information content (AvgIpc) is 3.09. The number of hydrogen-bond donors (Lipinski definition) is 0. The van der Waals surface area contributed by atoms with E-state index in [0.29, 0.717) is 12.0 Å². The lowest BCUT2D eigenvalue weighted by atomic mass is 9.93. The zero-order chi connectivity index (χ0) is 16.3. The molecule has 3 rings (SSSR count). The van der Waals surface area contributed by atoms with Crippen molar-refractivity contribution in [2.24, 2.45) is 5.92 Å². The van der Waals surface area contributed by atoms with Gasteiger partial charge in [0.2, 0.25) is 0 Å². The first-order chi connectivity index (χ1) is 11.1. The van der Waals surface area contributed by atoms with Crippen LogP contribution in [0, 0.1) is 5.92 Å². The molecule has 0 N–H and O–H groups in total. The van der Waals surface area contributed by atoms with Crippen molar-refractivity contribution in [2.45, 2.75) is 38.5 Å². The summed E-state index contributed by atoms with van der Waals surface area (Å²) in [6.07, 6.45) is 1.12. The fourth-order valence-electron chi connectivity index (χ4n) is 3.63. The van der Waals surface area contributed by atoms with Gasteiger partial charge in [0.1, 0.15) is 5.60 Å². The summed E-state index contributed by atoms with van der Waals surface area (Å²) in [6.45, 7) is 11.1. The second-order valence-electron chi connectivity index (χ2n) is 7.44. The highest BCUT2D eigenvalue weighted by molar-refractivity contribution is 7.09. The van der Waals surface area contributed by atoms with Gasteiger partial charge in [-0.2, -0.15) is 0 Å². The maximum Gasteiger partial charge on any atom is 0.104 e. The Morgan fingerprint density at radius 3 is 3.09 bits per heavy atom. The summed E-state index contributed by atoms with van der Waals surface area (Å²) < 4.78 is 12.2. The molecule has 1 aromatic heterocycles. The van der Waals surface area contributed by atoms with Crippen molar-refractivity contribution in [1.29, 1.82) is 0 Å². The van der Waals surface area contributed by atoms with E-state index in [-0.39, 0.29) is 5.60 Å². The van der Waals surface area contributed by atoms with E-state index in [1.54, 1.807) is 0 Å². The molecule has 0 aliphatic carbocycles. The molecule has 0 radical (unpaired) electrons. The number of ether oxygens (including phenoxy) is 2. The van der Waals surface area contributed by atoms with Crippen molar-refractivity contribution in [3.8, 4) is 0 Å². The van der Waals surface area contributed by atoms with Gasteiger partial charge in [0, 0.05) is 37.1 Å². The van der Waals surface area contributed by atoms with Crippen molar-refractivity contribution in [3.63, 3.8) is 0 Å². The molecule has 0 bridgehead atoms. The third-order valence-electron chi connectivity index (χ3n) is 5.10. The predicted octanol–water partition coefficient (Wildman–Crippen LogP) is 2.70. The van der Waals surface area contributed by atoms with Gasteiger partial charge in [-0.1, -0.05) is 6.07 Å². The average molecular weight is 339 g/mol. The first-order valence-electron chi connectivity index (χ1n) is 8.73. The van der Waals surface area contributed by atoms with Crippen LogP contribution in [0.4, 0.5) is 0 Å². The van der Waals surface area contributed by atoms with Gasteiger partial charge in [-0.05, 0) is 44.7 Å². The number of hydrogen-bond acceptors (Lipinski definition) is 5. The summed E-state index contributed by atoms with van der Waals surface area (Å²) in [5.41, 5.74) is -0.101. The van der Waals surface area contributed by atoms with Gasteiger partial charge in [-0.3, -0.25) is 4.90 Å². The van der Waals surface area contributed by atoms with Crippen molar-refractivity contribution >= 4 is 11.3 Å². The summed E-state index contributed by atoms with van der Waals surface area (Å²) in [7, 11) is 2.21. The lowest BCUT2D eigenvalue weighted by Crippen LogP contribution is -2.44. The van der Waals surface area contributed by atoms with Crippen LogP contribution in [0.2, 0.25) is 0 Å². The van der Waals surface area contributed by atoms with Crippen LogP contribution in [0.5, 0.6) is 0 Å². The van der Waals surface area contributed by atoms with Crippen molar-refractivity contribution in [2.75, 3.05) is 46.5 Å². The first-order valence-corrected chi connectivity index (χ1v) is 9.61. The summed E-state index contributed by atoms with van der Waals surface area (Å²) >= 11 is 1.84. The Balaban J connectivity index is 1.59. The topological polar surface area (TPSA) is 24.9 Å². The number of thiophene rings is 1. The standard InChI is InChI=1S/C18H30N2O2S/c1-15(2)19(3)10-16-9-18(22-12-16)13-20(6-7-21-14-18)11-17-5-4-8-23-17/h4-5,8,15-16H,6-7,9-14H2,1-3H3/t16-,18-/m1/s1. The Kier molecular flexibility index (Phi) is 5.75. The molecule has 1 aromatic rings. The fraction of sp³-hybridized carbons (Fsp3) is 0.778. The van der Waals surface area contributed by atoms with Gasteiger partial charge < -0.3 is 14.4 Å². The second-order valence-corrected chi connectivity index (χ2v) is 8.47. The first kappa shape index (κ1) is 17.4. The minimum atomic E-state index is -0.101. The quantitative estimate of drug-likeness (QED) is 0.824. The lowest BCUT2D eigenvalue weighted by molar-refractivity contribution is -0.0562. The van der Waals surface area contributed by atoms with Crippen LogP contribution < -0.4 is 0 Å². The molecule has 23 heavy (non-hydrogen) atoms. The van der Waals surface area contributed by atoms with Gasteiger partial charge in [0.25, 0.3) is 0 Å². The van der Waals surface area contributed by atoms with Gasteiger partial charge in [-0.25, -0.2) is 0 Å². The van der Waals surface area contributed by atoms with E-state index in [2.05, 4.69) is 48.2 Å². The molecule has 3 heterocycles. The molecule has 2 saturated heterocycles. The molecule has 2 aliphatic heterocycles. The van der Waals surface area contributed by atoms with E-state index >= 15 is 0 Å². The SMILES string of the molecule is CC(C)N(C)C[C@@H]1CO[C@]2(COCCN(Cc3cccs3)C2)C1. The number of rotatable bonds is 5. The van der Waals surface area contributed by atoms with E-state index < -0.39 is 0 Å². The van der Waals surface area contributed by atoms with E-state index in [1.807, 2.05) is 11.3 Å². The van der Waals surface area contributed by atoms with Crippen LogP contribution in [-0.4, -0.2) is 67.9 Å². The lowest BCUT2D eigenvalue weighted by Gasteiger charge is -2.31. The van der Waals surface area contributed by atoms with Gasteiger partial charge in [-0.15, -0.1) is 11.3 Å². The highest BCUT2D eigenvalue weighted by atomic mass is 32.1. The molecule has 1 spiro atoms. The number of nitrogens with zero attached hydrogens (tertiary/aromatic N) is 2. The van der Waals surface area contributed by atoms with Crippen LogP contribution in [0.25, 0.3) is 0 Å². The van der Waals surface area contributed by atoms with E-state index in [9.17, 15) is 0 Å². The van der Waals surface area contributed by atoms with E-state index in [4.69, 9.17) is 9.47 Å². The van der Waals surface area contributed by atoms with Crippen molar-refractivity contribution in [1.82, 2.24) is 9.80 Å². The second kappa shape index (κ2) is 7.62. The summed E-state index contributed by atoms with van der Waals surface area (Å²) in [4.78, 5) is 6.36.